The normalized spacial score (nSPS) is 15.9. The van der Waals surface area contributed by atoms with E-state index in [4.69, 9.17) is 4.74 Å². The number of aryl methyl sites for hydroxylation is 1. The van der Waals surface area contributed by atoms with Gasteiger partial charge in [-0.3, -0.25) is 9.59 Å². The average molecular weight is 367 g/mol. The number of aromatic nitrogens is 4. The molecule has 3 heterocycles. The van der Waals surface area contributed by atoms with Gasteiger partial charge in [0.1, 0.15) is 5.82 Å². The number of aromatic hydroxyl groups is 1. The van der Waals surface area contributed by atoms with Gasteiger partial charge in [0, 0.05) is 24.0 Å². The van der Waals surface area contributed by atoms with Crippen molar-refractivity contribution in [3.05, 3.63) is 57.5 Å². The molecule has 1 amide bonds. The zero-order valence-corrected chi connectivity index (χ0v) is 14.7. The maximum absolute atomic E-state index is 12.3. The molecule has 27 heavy (non-hydrogen) atoms. The Labute approximate surface area is 153 Å². The first-order chi connectivity index (χ1) is 13.0. The molecule has 0 saturated heterocycles. The second-order valence-corrected chi connectivity index (χ2v) is 6.28. The number of hydrogen-bond donors (Lipinski definition) is 3. The highest BCUT2D eigenvalue weighted by Gasteiger charge is 2.33. The van der Waals surface area contributed by atoms with E-state index in [9.17, 15) is 14.7 Å². The van der Waals surface area contributed by atoms with Gasteiger partial charge in [-0.15, -0.1) is 0 Å². The van der Waals surface area contributed by atoms with Crippen LogP contribution >= 0.6 is 0 Å². The molecular weight excluding hydrogens is 350 g/mol. The number of benzene rings is 1. The predicted molar refractivity (Wildman–Crippen MR) is 96.5 cm³/mol. The molecule has 1 atom stereocenters. The van der Waals surface area contributed by atoms with Crippen LogP contribution in [0.15, 0.2) is 35.1 Å². The van der Waals surface area contributed by atoms with Gasteiger partial charge in [-0.1, -0.05) is 6.07 Å². The van der Waals surface area contributed by atoms with Gasteiger partial charge in [-0.2, -0.15) is 14.9 Å². The summed E-state index contributed by atoms with van der Waals surface area (Å²) in [4.78, 5) is 23.6. The van der Waals surface area contributed by atoms with E-state index in [0.29, 0.717) is 17.4 Å². The van der Waals surface area contributed by atoms with Crippen molar-refractivity contribution in [3.8, 4) is 17.3 Å². The Hall–Kier alpha value is -3.62. The number of rotatable bonds is 3. The van der Waals surface area contributed by atoms with Gasteiger partial charge >= 0.3 is 0 Å². The van der Waals surface area contributed by atoms with Gasteiger partial charge in [0.05, 0.1) is 12.8 Å². The van der Waals surface area contributed by atoms with Gasteiger partial charge in [-0.25, -0.2) is 5.10 Å². The second kappa shape index (κ2) is 6.27. The summed E-state index contributed by atoms with van der Waals surface area (Å²) >= 11 is 0. The number of H-pyrrole nitrogens is 1. The number of carbonyl (C=O) groups excluding carboxylic acids is 1. The molecule has 0 fully saturated rings. The van der Waals surface area contributed by atoms with Crippen molar-refractivity contribution in [2.45, 2.75) is 19.3 Å². The molecule has 0 saturated carbocycles. The molecule has 0 bridgehead atoms. The highest BCUT2D eigenvalue weighted by molar-refractivity contribution is 5.95. The Morgan fingerprint density at radius 2 is 2.07 bits per heavy atom. The van der Waals surface area contributed by atoms with Crippen molar-refractivity contribution >= 4 is 11.7 Å². The molecule has 0 radical (unpaired) electrons. The number of anilines is 1. The number of ether oxygens (including phenoxy) is 1. The van der Waals surface area contributed by atoms with Crippen LogP contribution in [0.1, 0.15) is 29.2 Å². The quantitative estimate of drug-likeness (QED) is 0.644. The average Bonchev–Trinajstić information content (AvgIpc) is 2.98. The van der Waals surface area contributed by atoms with E-state index in [-0.39, 0.29) is 29.6 Å². The van der Waals surface area contributed by atoms with E-state index in [2.05, 4.69) is 20.6 Å². The first-order valence-electron chi connectivity index (χ1n) is 8.30. The lowest BCUT2D eigenvalue weighted by molar-refractivity contribution is -0.116. The standard InChI is InChI=1S/C18H17N5O4/c1-9-17-11(10-3-4-13(27-2)12(24)7-10)8-16(26)19-18(17)23(22-9)14-5-6-15(25)21-20-14/h3-7,11,24H,8H2,1-2H3,(H,19,26)(H,21,25). The molecule has 1 aliphatic rings. The van der Waals surface area contributed by atoms with Crippen molar-refractivity contribution in [3.63, 3.8) is 0 Å². The molecule has 4 rings (SSSR count). The lowest BCUT2D eigenvalue weighted by atomic mass is 9.85. The van der Waals surface area contributed by atoms with E-state index in [1.54, 1.807) is 12.1 Å². The molecule has 1 aromatic carbocycles. The SMILES string of the molecule is COc1ccc(C2CC(=O)Nc3c2c(C)nn3-c2ccc(=O)[nH]n2)cc1O. The number of hydrogen-bond acceptors (Lipinski definition) is 6. The summed E-state index contributed by atoms with van der Waals surface area (Å²) in [7, 11) is 1.48. The smallest absolute Gasteiger partial charge is 0.264 e. The minimum absolute atomic E-state index is 0.00915. The molecule has 0 spiro atoms. The fourth-order valence-electron chi connectivity index (χ4n) is 3.38. The highest BCUT2D eigenvalue weighted by Crippen LogP contribution is 2.41. The number of nitrogens with zero attached hydrogens (tertiary/aromatic N) is 3. The summed E-state index contributed by atoms with van der Waals surface area (Å²) in [6.45, 7) is 1.84. The van der Waals surface area contributed by atoms with Crippen LogP contribution in [0.5, 0.6) is 11.5 Å². The van der Waals surface area contributed by atoms with Gasteiger partial charge in [-0.05, 0) is 30.7 Å². The van der Waals surface area contributed by atoms with E-state index in [0.717, 1.165) is 16.8 Å². The Bertz CT molecular complexity index is 1080. The molecular formula is C18H17N5O4. The predicted octanol–water partition coefficient (Wildman–Crippen LogP) is 1.45. The zero-order chi connectivity index (χ0) is 19.1. The monoisotopic (exact) mass is 367 g/mol. The van der Waals surface area contributed by atoms with Crippen LogP contribution in [0.25, 0.3) is 5.82 Å². The number of nitrogens with one attached hydrogen (secondary N) is 2. The second-order valence-electron chi connectivity index (χ2n) is 6.28. The number of amides is 1. The van der Waals surface area contributed by atoms with Crippen molar-refractivity contribution < 1.29 is 14.6 Å². The number of methoxy groups -OCH3 is 1. The van der Waals surface area contributed by atoms with Crippen molar-refractivity contribution in [2.75, 3.05) is 12.4 Å². The first kappa shape index (κ1) is 16.8. The Morgan fingerprint density at radius 1 is 1.26 bits per heavy atom. The third-order valence-corrected chi connectivity index (χ3v) is 4.59. The van der Waals surface area contributed by atoms with Gasteiger partial charge < -0.3 is 15.2 Å². The molecule has 9 nitrogen and oxygen atoms in total. The number of carbonyl (C=O) groups is 1. The summed E-state index contributed by atoms with van der Waals surface area (Å²) in [6, 6.07) is 7.96. The number of aromatic amines is 1. The number of phenolic OH excluding ortho intramolecular Hbond substituents is 1. The van der Waals surface area contributed by atoms with Crippen molar-refractivity contribution in [1.29, 1.82) is 0 Å². The lowest BCUT2D eigenvalue weighted by Gasteiger charge is -2.24. The third-order valence-electron chi connectivity index (χ3n) is 4.59. The highest BCUT2D eigenvalue weighted by atomic mass is 16.5. The van der Waals surface area contributed by atoms with E-state index >= 15 is 0 Å². The zero-order valence-electron chi connectivity index (χ0n) is 14.7. The maximum Gasteiger partial charge on any atom is 0.264 e. The van der Waals surface area contributed by atoms with Gasteiger partial charge in [0.2, 0.25) is 5.91 Å². The number of fused-ring (bicyclic) bond motifs is 1. The minimum atomic E-state index is -0.327. The van der Waals surface area contributed by atoms with Crippen LogP contribution in [0, 0.1) is 6.92 Å². The topological polar surface area (TPSA) is 122 Å². The number of phenols is 1. The lowest BCUT2D eigenvalue weighted by Crippen LogP contribution is -2.25. The van der Waals surface area contributed by atoms with Crippen molar-refractivity contribution in [2.24, 2.45) is 0 Å². The Balaban J connectivity index is 1.85. The Morgan fingerprint density at radius 3 is 2.74 bits per heavy atom. The first-order valence-corrected chi connectivity index (χ1v) is 8.30. The van der Waals surface area contributed by atoms with Gasteiger partial charge in [0.15, 0.2) is 17.3 Å². The van der Waals surface area contributed by atoms with Crippen LogP contribution in [0.4, 0.5) is 5.82 Å². The molecule has 1 unspecified atom stereocenters. The van der Waals surface area contributed by atoms with Crippen LogP contribution in [0.3, 0.4) is 0 Å². The van der Waals surface area contributed by atoms with E-state index in [1.807, 2.05) is 13.0 Å². The molecule has 2 aromatic heterocycles. The summed E-state index contributed by atoms with van der Waals surface area (Å²) in [6.07, 6.45) is 0.227. The third kappa shape index (κ3) is 2.82. The van der Waals surface area contributed by atoms with E-state index in [1.165, 1.54) is 23.9 Å². The maximum atomic E-state index is 12.3. The Kier molecular flexibility index (Phi) is 3.91. The fourth-order valence-corrected chi connectivity index (χ4v) is 3.38. The summed E-state index contributed by atoms with van der Waals surface area (Å²) in [5.74, 6) is 0.815. The fraction of sp³-hybridized carbons (Fsp3) is 0.222. The van der Waals surface area contributed by atoms with E-state index < -0.39 is 0 Å². The van der Waals surface area contributed by atoms with Crippen LogP contribution in [-0.2, 0) is 4.79 Å². The summed E-state index contributed by atoms with van der Waals surface area (Å²) < 4.78 is 6.58. The molecule has 3 N–H and O–H groups in total. The minimum Gasteiger partial charge on any atom is -0.504 e. The molecule has 3 aromatic rings. The van der Waals surface area contributed by atoms with Crippen LogP contribution < -0.4 is 15.6 Å². The molecule has 9 heteroatoms. The summed E-state index contributed by atoms with van der Waals surface area (Å²) in [5, 5.41) is 23.8. The molecule has 0 aliphatic carbocycles. The molecule has 138 valence electrons. The summed E-state index contributed by atoms with van der Waals surface area (Å²) in [5.41, 5.74) is 2.01. The molecule has 1 aliphatic heterocycles. The van der Waals surface area contributed by atoms with Crippen molar-refractivity contribution in [1.82, 2.24) is 20.0 Å². The van der Waals surface area contributed by atoms with Gasteiger partial charge in [0.25, 0.3) is 5.56 Å². The largest absolute Gasteiger partial charge is 0.504 e. The van der Waals surface area contributed by atoms with Crippen LogP contribution in [0.2, 0.25) is 0 Å². The van der Waals surface area contributed by atoms with Crippen LogP contribution in [-0.4, -0.2) is 38.1 Å².